The Bertz CT molecular complexity index is 103. The highest BCUT2D eigenvalue weighted by Gasteiger charge is 2.27. The Balaban J connectivity index is 2.42. The van der Waals surface area contributed by atoms with Crippen LogP contribution >= 0.6 is 0 Å². The lowest BCUT2D eigenvalue weighted by Crippen LogP contribution is -2.37. The topological polar surface area (TPSA) is 29.5 Å². The van der Waals surface area contributed by atoms with Gasteiger partial charge < -0.3 is 9.84 Å². The SMILES string of the molecule is CC[C@@H]1COCC(O)[C@H]1C. The number of hydrogen-bond donors (Lipinski definition) is 1. The predicted octanol–water partition coefficient (Wildman–Crippen LogP) is 1.04. The molecule has 0 saturated carbocycles. The highest BCUT2D eigenvalue weighted by atomic mass is 16.5. The number of ether oxygens (including phenoxy) is 1. The van der Waals surface area contributed by atoms with E-state index in [0.29, 0.717) is 18.4 Å². The molecule has 1 aliphatic rings. The monoisotopic (exact) mass is 144 g/mol. The third-order valence-corrected chi connectivity index (χ3v) is 2.50. The molecular weight excluding hydrogens is 128 g/mol. The molecule has 10 heavy (non-hydrogen) atoms. The van der Waals surface area contributed by atoms with E-state index in [1.54, 1.807) is 0 Å². The summed E-state index contributed by atoms with van der Waals surface area (Å²) in [6.07, 6.45) is 0.872. The molecule has 1 heterocycles. The summed E-state index contributed by atoms with van der Waals surface area (Å²) in [4.78, 5) is 0. The van der Waals surface area contributed by atoms with Gasteiger partial charge in [-0.1, -0.05) is 20.3 Å². The van der Waals surface area contributed by atoms with E-state index >= 15 is 0 Å². The van der Waals surface area contributed by atoms with Gasteiger partial charge in [0.1, 0.15) is 0 Å². The van der Waals surface area contributed by atoms with E-state index in [1.165, 1.54) is 0 Å². The Hall–Kier alpha value is -0.0800. The summed E-state index contributed by atoms with van der Waals surface area (Å²) in [5, 5.41) is 9.35. The average molecular weight is 144 g/mol. The zero-order valence-electron chi connectivity index (χ0n) is 6.71. The number of aliphatic hydroxyl groups excluding tert-OH is 1. The molecular formula is C8H16O2. The molecule has 1 rings (SSSR count). The van der Waals surface area contributed by atoms with E-state index in [-0.39, 0.29) is 6.10 Å². The van der Waals surface area contributed by atoms with Crippen LogP contribution in [0.4, 0.5) is 0 Å². The van der Waals surface area contributed by atoms with Crippen molar-refractivity contribution in [1.29, 1.82) is 0 Å². The minimum atomic E-state index is -0.237. The Morgan fingerprint density at radius 1 is 1.50 bits per heavy atom. The Morgan fingerprint density at radius 2 is 2.20 bits per heavy atom. The molecule has 0 aliphatic carbocycles. The van der Waals surface area contributed by atoms with Gasteiger partial charge >= 0.3 is 0 Å². The van der Waals surface area contributed by atoms with Crippen molar-refractivity contribution < 1.29 is 9.84 Å². The van der Waals surface area contributed by atoms with Crippen LogP contribution in [0.3, 0.4) is 0 Å². The fourth-order valence-electron chi connectivity index (χ4n) is 1.45. The van der Waals surface area contributed by atoms with Gasteiger partial charge in [-0.25, -0.2) is 0 Å². The van der Waals surface area contributed by atoms with Crippen LogP contribution in [0.1, 0.15) is 20.3 Å². The van der Waals surface area contributed by atoms with Crippen LogP contribution in [0.5, 0.6) is 0 Å². The fraction of sp³-hybridized carbons (Fsp3) is 1.00. The molecule has 2 nitrogen and oxygen atoms in total. The first-order valence-corrected chi connectivity index (χ1v) is 4.01. The van der Waals surface area contributed by atoms with Gasteiger partial charge in [0.05, 0.1) is 12.7 Å². The Kier molecular flexibility index (Phi) is 2.69. The molecule has 0 amide bonds. The lowest BCUT2D eigenvalue weighted by molar-refractivity contribution is -0.0736. The molecule has 3 atom stereocenters. The summed E-state index contributed by atoms with van der Waals surface area (Å²) in [6, 6.07) is 0. The summed E-state index contributed by atoms with van der Waals surface area (Å²) in [6.45, 7) is 5.59. The van der Waals surface area contributed by atoms with Crippen LogP contribution in [-0.4, -0.2) is 24.4 Å². The number of rotatable bonds is 1. The number of aliphatic hydroxyl groups is 1. The zero-order chi connectivity index (χ0) is 7.56. The van der Waals surface area contributed by atoms with E-state index in [4.69, 9.17) is 4.74 Å². The first kappa shape index (κ1) is 8.02. The second-order valence-electron chi connectivity index (χ2n) is 3.13. The van der Waals surface area contributed by atoms with Crippen molar-refractivity contribution >= 4 is 0 Å². The molecule has 2 heteroatoms. The number of hydrogen-bond acceptors (Lipinski definition) is 2. The lowest BCUT2D eigenvalue weighted by Gasteiger charge is -2.32. The van der Waals surface area contributed by atoms with Gasteiger partial charge in [0.25, 0.3) is 0 Å². The first-order chi connectivity index (χ1) is 4.75. The third kappa shape index (κ3) is 1.50. The highest BCUT2D eigenvalue weighted by Crippen LogP contribution is 2.23. The van der Waals surface area contributed by atoms with Crippen LogP contribution in [0.2, 0.25) is 0 Å². The predicted molar refractivity (Wildman–Crippen MR) is 39.8 cm³/mol. The molecule has 1 unspecified atom stereocenters. The van der Waals surface area contributed by atoms with Gasteiger partial charge in [-0.2, -0.15) is 0 Å². The maximum Gasteiger partial charge on any atom is 0.0802 e. The van der Waals surface area contributed by atoms with Gasteiger partial charge in [-0.05, 0) is 11.8 Å². The van der Waals surface area contributed by atoms with Crippen molar-refractivity contribution in [2.45, 2.75) is 26.4 Å². The lowest BCUT2D eigenvalue weighted by atomic mass is 9.86. The maximum atomic E-state index is 9.35. The quantitative estimate of drug-likeness (QED) is 0.596. The summed E-state index contributed by atoms with van der Waals surface area (Å²) in [5.41, 5.74) is 0. The molecule has 0 bridgehead atoms. The second kappa shape index (κ2) is 3.35. The van der Waals surface area contributed by atoms with Crippen molar-refractivity contribution in [2.24, 2.45) is 11.8 Å². The molecule has 1 aliphatic heterocycles. The largest absolute Gasteiger partial charge is 0.390 e. The minimum absolute atomic E-state index is 0.237. The van der Waals surface area contributed by atoms with Crippen LogP contribution in [-0.2, 0) is 4.74 Å². The van der Waals surface area contributed by atoms with Gasteiger partial charge in [0, 0.05) is 6.61 Å². The summed E-state index contributed by atoms with van der Waals surface area (Å²) >= 11 is 0. The molecule has 0 aromatic rings. The van der Waals surface area contributed by atoms with Gasteiger partial charge in [-0.3, -0.25) is 0 Å². The third-order valence-electron chi connectivity index (χ3n) is 2.50. The van der Waals surface area contributed by atoms with Crippen molar-refractivity contribution in [3.05, 3.63) is 0 Å². The molecule has 1 saturated heterocycles. The van der Waals surface area contributed by atoms with Crippen molar-refractivity contribution in [2.75, 3.05) is 13.2 Å². The summed E-state index contributed by atoms with van der Waals surface area (Å²) in [7, 11) is 0. The van der Waals surface area contributed by atoms with Crippen LogP contribution in [0.15, 0.2) is 0 Å². The average Bonchev–Trinajstić information content (AvgIpc) is 1.95. The second-order valence-corrected chi connectivity index (χ2v) is 3.13. The normalized spacial score (nSPS) is 41.7. The van der Waals surface area contributed by atoms with Crippen LogP contribution in [0.25, 0.3) is 0 Å². The van der Waals surface area contributed by atoms with Crippen molar-refractivity contribution in [3.8, 4) is 0 Å². The zero-order valence-corrected chi connectivity index (χ0v) is 6.71. The molecule has 1 fully saturated rings. The minimum Gasteiger partial charge on any atom is -0.390 e. The van der Waals surface area contributed by atoms with Gasteiger partial charge in [-0.15, -0.1) is 0 Å². The molecule has 0 spiro atoms. The molecule has 1 N–H and O–H groups in total. The van der Waals surface area contributed by atoms with Gasteiger partial charge in [0.15, 0.2) is 0 Å². The smallest absolute Gasteiger partial charge is 0.0802 e. The van der Waals surface area contributed by atoms with E-state index in [2.05, 4.69) is 13.8 Å². The molecule has 60 valence electrons. The van der Waals surface area contributed by atoms with Crippen molar-refractivity contribution in [1.82, 2.24) is 0 Å². The standard InChI is InChI=1S/C8H16O2/c1-3-7-4-10-5-8(9)6(7)2/h6-9H,3-5H2,1-2H3/t6-,7+,8?/m0/s1. The van der Waals surface area contributed by atoms with E-state index < -0.39 is 0 Å². The summed E-state index contributed by atoms with van der Waals surface area (Å²) in [5.74, 6) is 0.975. The fourth-order valence-corrected chi connectivity index (χ4v) is 1.45. The molecule has 0 aromatic heterocycles. The van der Waals surface area contributed by atoms with Crippen LogP contribution in [0, 0.1) is 11.8 Å². The van der Waals surface area contributed by atoms with E-state index in [0.717, 1.165) is 13.0 Å². The van der Waals surface area contributed by atoms with E-state index in [1.807, 2.05) is 0 Å². The first-order valence-electron chi connectivity index (χ1n) is 4.01. The van der Waals surface area contributed by atoms with Gasteiger partial charge in [0.2, 0.25) is 0 Å². The Morgan fingerprint density at radius 3 is 2.70 bits per heavy atom. The molecule has 0 aromatic carbocycles. The summed E-state index contributed by atoms with van der Waals surface area (Å²) < 4.78 is 5.21. The molecule has 0 radical (unpaired) electrons. The Labute approximate surface area is 62.2 Å². The van der Waals surface area contributed by atoms with Crippen molar-refractivity contribution in [3.63, 3.8) is 0 Å². The maximum absolute atomic E-state index is 9.35. The highest BCUT2D eigenvalue weighted by molar-refractivity contribution is 4.75. The van der Waals surface area contributed by atoms with Crippen LogP contribution < -0.4 is 0 Å². The van der Waals surface area contributed by atoms with E-state index in [9.17, 15) is 5.11 Å².